The van der Waals surface area contributed by atoms with E-state index in [2.05, 4.69) is 26.1 Å². The molecule has 0 fully saturated rings. The number of nitrogens with one attached hydrogen (secondary N) is 1. The molecule has 2 atom stereocenters. The molecule has 0 aromatic heterocycles. The van der Waals surface area contributed by atoms with Crippen LogP contribution in [0, 0.1) is 0 Å². The van der Waals surface area contributed by atoms with Gasteiger partial charge in [0.25, 0.3) is 0 Å². The van der Waals surface area contributed by atoms with Crippen LogP contribution in [0.25, 0.3) is 0 Å². The summed E-state index contributed by atoms with van der Waals surface area (Å²) in [6.45, 7) is 7.76. The smallest absolute Gasteiger partial charge is 0.00387 e. The van der Waals surface area contributed by atoms with Gasteiger partial charge in [-0.05, 0) is 39.7 Å². The Bertz CT molecular complexity index is 113. The SMILES string of the molecule is CCCCC(C)NCCCCC(C)N. The van der Waals surface area contributed by atoms with Crippen molar-refractivity contribution < 1.29 is 0 Å². The number of unbranched alkanes of at least 4 members (excludes halogenated alkanes) is 2. The lowest BCUT2D eigenvalue weighted by atomic mass is 10.1. The standard InChI is InChI=1S/C12H28N2/c1-4-5-9-12(3)14-10-7-6-8-11(2)13/h11-12,14H,4-10,13H2,1-3H3. The molecule has 86 valence electrons. The molecule has 0 aromatic rings. The molecule has 3 N–H and O–H groups in total. The fourth-order valence-corrected chi connectivity index (χ4v) is 1.55. The second kappa shape index (κ2) is 9.47. The summed E-state index contributed by atoms with van der Waals surface area (Å²) >= 11 is 0. The molecule has 0 amide bonds. The van der Waals surface area contributed by atoms with Crippen molar-refractivity contribution >= 4 is 0 Å². The number of hydrogen-bond donors (Lipinski definition) is 2. The maximum atomic E-state index is 5.68. The molecular weight excluding hydrogens is 172 g/mol. The molecule has 0 aliphatic rings. The Labute approximate surface area is 89.6 Å². The quantitative estimate of drug-likeness (QED) is 0.562. The van der Waals surface area contributed by atoms with Gasteiger partial charge >= 0.3 is 0 Å². The van der Waals surface area contributed by atoms with E-state index in [0.29, 0.717) is 12.1 Å². The highest BCUT2D eigenvalue weighted by Crippen LogP contribution is 2.01. The lowest BCUT2D eigenvalue weighted by Crippen LogP contribution is -2.27. The van der Waals surface area contributed by atoms with Crippen molar-refractivity contribution in [3.63, 3.8) is 0 Å². The Morgan fingerprint density at radius 2 is 1.79 bits per heavy atom. The second-order valence-electron chi connectivity index (χ2n) is 4.47. The zero-order chi connectivity index (χ0) is 10.8. The molecule has 0 heterocycles. The van der Waals surface area contributed by atoms with E-state index >= 15 is 0 Å². The van der Waals surface area contributed by atoms with E-state index in [1.165, 1.54) is 32.1 Å². The van der Waals surface area contributed by atoms with E-state index in [4.69, 9.17) is 5.73 Å². The van der Waals surface area contributed by atoms with E-state index in [9.17, 15) is 0 Å². The monoisotopic (exact) mass is 200 g/mol. The average molecular weight is 200 g/mol. The molecule has 0 saturated heterocycles. The van der Waals surface area contributed by atoms with Crippen molar-refractivity contribution in [2.24, 2.45) is 5.73 Å². The van der Waals surface area contributed by atoms with Crippen LogP contribution in [-0.2, 0) is 0 Å². The van der Waals surface area contributed by atoms with Gasteiger partial charge in [-0.1, -0.05) is 26.2 Å². The van der Waals surface area contributed by atoms with Crippen molar-refractivity contribution in [3.05, 3.63) is 0 Å². The lowest BCUT2D eigenvalue weighted by Gasteiger charge is -2.13. The molecule has 0 saturated carbocycles. The molecule has 14 heavy (non-hydrogen) atoms. The zero-order valence-electron chi connectivity index (χ0n) is 10.2. The van der Waals surface area contributed by atoms with Crippen molar-refractivity contribution in [3.8, 4) is 0 Å². The van der Waals surface area contributed by atoms with Crippen LogP contribution in [0.15, 0.2) is 0 Å². The van der Waals surface area contributed by atoms with Crippen LogP contribution >= 0.6 is 0 Å². The van der Waals surface area contributed by atoms with Gasteiger partial charge in [-0.15, -0.1) is 0 Å². The van der Waals surface area contributed by atoms with Gasteiger partial charge in [0, 0.05) is 12.1 Å². The Hall–Kier alpha value is -0.0800. The Kier molecular flexibility index (Phi) is 9.42. The van der Waals surface area contributed by atoms with Gasteiger partial charge in [-0.25, -0.2) is 0 Å². The van der Waals surface area contributed by atoms with Crippen molar-refractivity contribution in [1.29, 1.82) is 0 Å². The third kappa shape index (κ3) is 10.0. The van der Waals surface area contributed by atoms with E-state index in [1.54, 1.807) is 0 Å². The van der Waals surface area contributed by atoms with E-state index in [0.717, 1.165) is 13.0 Å². The van der Waals surface area contributed by atoms with E-state index in [-0.39, 0.29) is 0 Å². The second-order valence-corrected chi connectivity index (χ2v) is 4.47. The predicted octanol–water partition coefficient (Wildman–Crippen LogP) is 2.67. The summed E-state index contributed by atoms with van der Waals surface area (Å²) in [5.41, 5.74) is 5.68. The van der Waals surface area contributed by atoms with Crippen molar-refractivity contribution in [2.45, 2.75) is 71.4 Å². The summed E-state index contributed by atoms with van der Waals surface area (Å²) in [7, 11) is 0. The summed E-state index contributed by atoms with van der Waals surface area (Å²) in [6.07, 6.45) is 7.63. The Morgan fingerprint density at radius 1 is 1.07 bits per heavy atom. The van der Waals surface area contributed by atoms with Gasteiger partial charge in [0.05, 0.1) is 0 Å². The topological polar surface area (TPSA) is 38.0 Å². The highest BCUT2D eigenvalue weighted by Gasteiger charge is 1.99. The van der Waals surface area contributed by atoms with Crippen LogP contribution < -0.4 is 11.1 Å². The molecule has 2 heteroatoms. The van der Waals surface area contributed by atoms with Gasteiger partial charge < -0.3 is 11.1 Å². The molecule has 0 aliphatic carbocycles. The summed E-state index contributed by atoms with van der Waals surface area (Å²) in [5, 5.41) is 3.55. The van der Waals surface area contributed by atoms with Crippen LogP contribution in [0.3, 0.4) is 0 Å². The Balaban J connectivity index is 3.10. The molecule has 0 aromatic carbocycles. The summed E-state index contributed by atoms with van der Waals surface area (Å²) in [4.78, 5) is 0. The molecule has 0 aliphatic heterocycles. The molecule has 0 spiro atoms. The van der Waals surface area contributed by atoms with Crippen LogP contribution in [-0.4, -0.2) is 18.6 Å². The minimum absolute atomic E-state index is 0.368. The third-order valence-corrected chi connectivity index (χ3v) is 2.57. The summed E-state index contributed by atoms with van der Waals surface area (Å²) in [6, 6.07) is 1.05. The van der Waals surface area contributed by atoms with Gasteiger partial charge in [0.15, 0.2) is 0 Å². The minimum Gasteiger partial charge on any atom is -0.328 e. The summed E-state index contributed by atoms with van der Waals surface area (Å²) in [5.74, 6) is 0. The predicted molar refractivity (Wildman–Crippen MR) is 64.5 cm³/mol. The first-order valence-corrected chi connectivity index (χ1v) is 6.15. The normalized spacial score (nSPS) is 15.4. The van der Waals surface area contributed by atoms with E-state index in [1.807, 2.05) is 0 Å². The fourth-order valence-electron chi connectivity index (χ4n) is 1.55. The first-order chi connectivity index (χ1) is 6.66. The number of hydrogen-bond acceptors (Lipinski definition) is 2. The Morgan fingerprint density at radius 3 is 2.36 bits per heavy atom. The van der Waals surface area contributed by atoms with Crippen molar-refractivity contribution in [1.82, 2.24) is 5.32 Å². The molecule has 0 rings (SSSR count). The maximum Gasteiger partial charge on any atom is 0.00387 e. The van der Waals surface area contributed by atoms with Gasteiger partial charge in [-0.3, -0.25) is 0 Å². The largest absolute Gasteiger partial charge is 0.328 e. The number of nitrogens with two attached hydrogens (primary N) is 1. The molecule has 2 nitrogen and oxygen atoms in total. The highest BCUT2D eigenvalue weighted by atomic mass is 14.9. The van der Waals surface area contributed by atoms with Crippen molar-refractivity contribution in [2.75, 3.05) is 6.54 Å². The fraction of sp³-hybridized carbons (Fsp3) is 1.00. The number of rotatable bonds is 9. The molecular formula is C12H28N2. The molecule has 0 bridgehead atoms. The van der Waals surface area contributed by atoms with Gasteiger partial charge in [-0.2, -0.15) is 0 Å². The van der Waals surface area contributed by atoms with Crippen LogP contribution in [0.2, 0.25) is 0 Å². The highest BCUT2D eigenvalue weighted by molar-refractivity contribution is 4.61. The first-order valence-electron chi connectivity index (χ1n) is 6.15. The van der Waals surface area contributed by atoms with Crippen LogP contribution in [0.5, 0.6) is 0 Å². The minimum atomic E-state index is 0.368. The first kappa shape index (κ1) is 13.9. The molecule has 0 radical (unpaired) electrons. The van der Waals surface area contributed by atoms with Gasteiger partial charge in [0.1, 0.15) is 0 Å². The lowest BCUT2D eigenvalue weighted by molar-refractivity contribution is 0.475. The van der Waals surface area contributed by atoms with Gasteiger partial charge in [0.2, 0.25) is 0 Å². The third-order valence-electron chi connectivity index (χ3n) is 2.57. The van der Waals surface area contributed by atoms with Crippen LogP contribution in [0.1, 0.15) is 59.3 Å². The van der Waals surface area contributed by atoms with E-state index < -0.39 is 0 Å². The van der Waals surface area contributed by atoms with Crippen LogP contribution in [0.4, 0.5) is 0 Å². The summed E-state index contributed by atoms with van der Waals surface area (Å²) < 4.78 is 0. The average Bonchev–Trinajstić information content (AvgIpc) is 2.13. The maximum absolute atomic E-state index is 5.68. The molecule has 2 unspecified atom stereocenters. The zero-order valence-corrected chi connectivity index (χ0v) is 10.2.